The van der Waals surface area contributed by atoms with Gasteiger partial charge in [-0.15, -0.1) is 0 Å². The highest BCUT2D eigenvalue weighted by Crippen LogP contribution is 2.26. The van der Waals surface area contributed by atoms with Crippen molar-refractivity contribution >= 4 is 23.2 Å². The van der Waals surface area contributed by atoms with Crippen LogP contribution in [0.15, 0.2) is 18.2 Å². The van der Waals surface area contributed by atoms with Gasteiger partial charge in [-0.25, -0.2) is 0 Å². The second kappa shape index (κ2) is 5.57. The molecule has 0 spiro atoms. The number of nitro groups is 1. The molecule has 6 heteroatoms. The molecule has 1 aliphatic rings. The van der Waals surface area contributed by atoms with E-state index < -0.39 is 4.92 Å². The van der Waals surface area contributed by atoms with E-state index in [1.54, 1.807) is 4.90 Å². The highest BCUT2D eigenvalue weighted by molar-refractivity contribution is 6.31. The fourth-order valence-electron chi connectivity index (χ4n) is 2.38. The van der Waals surface area contributed by atoms with Gasteiger partial charge in [-0.2, -0.15) is 0 Å². The van der Waals surface area contributed by atoms with Crippen LogP contribution in [0.5, 0.6) is 0 Å². The summed E-state index contributed by atoms with van der Waals surface area (Å²) in [6.45, 7) is 3.39. The Hall–Kier alpha value is -1.62. The third-order valence-corrected chi connectivity index (χ3v) is 3.57. The quantitative estimate of drug-likeness (QED) is 0.618. The van der Waals surface area contributed by atoms with E-state index in [1.165, 1.54) is 18.2 Å². The molecule has 1 fully saturated rings. The molecule has 0 aromatic heterocycles. The number of halogens is 1. The molecule has 19 heavy (non-hydrogen) atoms. The van der Waals surface area contributed by atoms with Crippen LogP contribution >= 0.6 is 11.6 Å². The van der Waals surface area contributed by atoms with Gasteiger partial charge >= 0.3 is 0 Å². The van der Waals surface area contributed by atoms with Crippen molar-refractivity contribution in [3.8, 4) is 0 Å². The van der Waals surface area contributed by atoms with Crippen LogP contribution in [0.4, 0.5) is 5.69 Å². The second-order valence-electron chi connectivity index (χ2n) is 4.92. The number of hydrogen-bond acceptors (Lipinski definition) is 3. The second-order valence-corrected chi connectivity index (χ2v) is 5.35. The number of nitro benzene ring substituents is 1. The molecule has 1 amide bonds. The number of amides is 1. The zero-order valence-corrected chi connectivity index (χ0v) is 11.4. The minimum absolute atomic E-state index is 0.114. The number of benzene rings is 1. The van der Waals surface area contributed by atoms with E-state index in [1.807, 2.05) is 0 Å². The van der Waals surface area contributed by atoms with Gasteiger partial charge in [-0.3, -0.25) is 14.9 Å². The van der Waals surface area contributed by atoms with Crippen LogP contribution in [0.1, 0.15) is 30.1 Å². The van der Waals surface area contributed by atoms with E-state index in [2.05, 4.69) is 6.92 Å². The van der Waals surface area contributed by atoms with E-state index in [0.29, 0.717) is 19.0 Å². The smallest absolute Gasteiger partial charge is 0.283 e. The lowest BCUT2D eigenvalue weighted by Crippen LogP contribution is -2.39. The van der Waals surface area contributed by atoms with Crippen LogP contribution in [0, 0.1) is 16.0 Å². The molecule has 2 rings (SSSR count). The molecule has 1 atom stereocenters. The number of hydrogen-bond donors (Lipinski definition) is 0. The molecule has 1 heterocycles. The predicted octanol–water partition coefficient (Wildman–Crippen LogP) is 3.12. The van der Waals surface area contributed by atoms with E-state index in [0.717, 1.165) is 12.8 Å². The Labute approximate surface area is 116 Å². The Morgan fingerprint density at radius 1 is 1.53 bits per heavy atom. The number of nitrogens with zero attached hydrogens (tertiary/aromatic N) is 2. The first-order valence-corrected chi connectivity index (χ1v) is 6.60. The summed E-state index contributed by atoms with van der Waals surface area (Å²) in [5.74, 6) is 0.152. The summed E-state index contributed by atoms with van der Waals surface area (Å²) >= 11 is 5.75. The molecule has 0 unspecified atom stereocenters. The van der Waals surface area contributed by atoms with E-state index >= 15 is 0 Å². The topological polar surface area (TPSA) is 63.5 Å². The first kappa shape index (κ1) is 13.8. The normalized spacial score (nSPS) is 19.3. The van der Waals surface area contributed by atoms with Crippen LogP contribution in [-0.2, 0) is 0 Å². The Bertz CT molecular complexity index is 519. The van der Waals surface area contributed by atoms with Gasteiger partial charge in [0.2, 0.25) is 0 Å². The third-order valence-electron chi connectivity index (χ3n) is 3.33. The number of likely N-dealkylation sites (tertiary alicyclic amines) is 1. The average molecular weight is 283 g/mol. The van der Waals surface area contributed by atoms with Gasteiger partial charge in [0, 0.05) is 24.2 Å². The summed E-state index contributed by atoms with van der Waals surface area (Å²) in [4.78, 5) is 24.5. The lowest BCUT2D eigenvalue weighted by atomic mass is 9.99. The predicted molar refractivity (Wildman–Crippen MR) is 72.4 cm³/mol. The molecule has 0 saturated carbocycles. The monoisotopic (exact) mass is 282 g/mol. The van der Waals surface area contributed by atoms with E-state index in [-0.39, 0.29) is 22.2 Å². The Morgan fingerprint density at radius 3 is 2.89 bits per heavy atom. The summed E-state index contributed by atoms with van der Waals surface area (Å²) in [6.07, 6.45) is 2.03. The molecule has 0 N–H and O–H groups in total. The molecule has 0 radical (unpaired) electrons. The molecule has 1 aromatic carbocycles. The molecule has 102 valence electrons. The maximum absolute atomic E-state index is 12.4. The van der Waals surface area contributed by atoms with Crippen molar-refractivity contribution in [3.63, 3.8) is 0 Å². The van der Waals surface area contributed by atoms with Gasteiger partial charge in [0.1, 0.15) is 5.56 Å². The van der Waals surface area contributed by atoms with Crippen molar-refractivity contribution in [2.45, 2.75) is 19.8 Å². The third kappa shape index (κ3) is 3.04. The summed E-state index contributed by atoms with van der Waals surface area (Å²) < 4.78 is 0. The fourth-order valence-corrected chi connectivity index (χ4v) is 2.55. The van der Waals surface area contributed by atoms with Crippen LogP contribution in [-0.4, -0.2) is 28.8 Å². The van der Waals surface area contributed by atoms with Crippen LogP contribution in [0.3, 0.4) is 0 Å². The molecule has 1 saturated heterocycles. The van der Waals surface area contributed by atoms with Crippen molar-refractivity contribution in [3.05, 3.63) is 38.9 Å². The van der Waals surface area contributed by atoms with Crippen molar-refractivity contribution in [1.82, 2.24) is 4.90 Å². The minimum atomic E-state index is -0.563. The molecule has 0 aliphatic carbocycles. The first-order chi connectivity index (χ1) is 8.99. The minimum Gasteiger partial charge on any atom is -0.338 e. The molecule has 5 nitrogen and oxygen atoms in total. The van der Waals surface area contributed by atoms with Gasteiger partial charge in [0.15, 0.2) is 0 Å². The highest BCUT2D eigenvalue weighted by Gasteiger charge is 2.27. The zero-order chi connectivity index (χ0) is 14.0. The maximum atomic E-state index is 12.4. The van der Waals surface area contributed by atoms with Crippen molar-refractivity contribution in [2.24, 2.45) is 5.92 Å². The lowest BCUT2D eigenvalue weighted by Gasteiger charge is -2.30. The summed E-state index contributed by atoms with van der Waals surface area (Å²) in [6, 6.07) is 4.17. The van der Waals surface area contributed by atoms with Gasteiger partial charge < -0.3 is 4.90 Å². The van der Waals surface area contributed by atoms with Gasteiger partial charge in [-0.1, -0.05) is 18.5 Å². The lowest BCUT2D eigenvalue weighted by molar-refractivity contribution is -0.385. The van der Waals surface area contributed by atoms with Crippen LogP contribution < -0.4 is 0 Å². The number of carbonyl (C=O) groups excluding carboxylic acids is 1. The number of rotatable bonds is 2. The summed E-state index contributed by atoms with van der Waals surface area (Å²) in [5.41, 5.74) is -0.112. The van der Waals surface area contributed by atoms with Crippen molar-refractivity contribution in [1.29, 1.82) is 0 Å². The summed E-state index contributed by atoms with van der Waals surface area (Å²) in [7, 11) is 0. The molecule has 1 aromatic rings. The van der Waals surface area contributed by atoms with E-state index in [4.69, 9.17) is 11.6 Å². The van der Waals surface area contributed by atoms with Gasteiger partial charge in [0.25, 0.3) is 11.6 Å². The van der Waals surface area contributed by atoms with E-state index in [9.17, 15) is 14.9 Å². The highest BCUT2D eigenvalue weighted by atomic mass is 35.5. The molecular weight excluding hydrogens is 268 g/mol. The largest absolute Gasteiger partial charge is 0.338 e. The molecule has 1 aliphatic heterocycles. The van der Waals surface area contributed by atoms with Gasteiger partial charge in [-0.05, 0) is 30.9 Å². The van der Waals surface area contributed by atoms with Gasteiger partial charge in [0.05, 0.1) is 4.92 Å². The maximum Gasteiger partial charge on any atom is 0.283 e. The zero-order valence-electron chi connectivity index (χ0n) is 10.6. The summed E-state index contributed by atoms with van der Waals surface area (Å²) in [5, 5.41) is 11.3. The molecular formula is C13H15ClN2O3. The Balaban J connectivity index is 2.30. The number of carbonyl (C=O) groups is 1. The fraction of sp³-hybridized carbons (Fsp3) is 0.462. The Kier molecular flexibility index (Phi) is 4.04. The SMILES string of the molecule is C[C@H]1CCCN(C(=O)c2ccc(Cl)cc2[N+](=O)[O-])C1. The van der Waals surface area contributed by atoms with Crippen LogP contribution in [0.2, 0.25) is 5.02 Å². The van der Waals surface area contributed by atoms with Crippen molar-refractivity contribution in [2.75, 3.05) is 13.1 Å². The van der Waals surface area contributed by atoms with Crippen LogP contribution in [0.25, 0.3) is 0 Å². The van der Waals surface area contributed by atoms with Crippen molar-refractivity contribution < 1.29 is 9.72 Å². The molecule has 0 bridgehead atoms. The first-order valence-electron chi connectivity index (χ1n) is 6.22. The standard InChI is InChI=1S/C13H15ClN2O3/c1-9-3-2-6-15(8-9)13(17)11-5-4-10(14)7-12(11)16(18)19/h4-5,7,9H,2-3,6,8H2,1H3/t9-/m0/s1. The average Bonchev–Trinajstić information content (AvgIpc) is 2.37. The Morgan fingerprint density at radius 2 is 2.26 bits per heavy atom. The number of piperidine rings is 1.